The second-order valence-electron chi connectivity index (χ2n) is 9.17. The Morgan fingerprint density at radius 2 is 1.51 bits per heavy atom. The van der Waals surface area contributed by atoms with E-state index in [-0.39, 0.29) is 23.1 Å². The Balaban J connectivity index is 2.10. The summed E-state index contributed by atoms with van der Waals surface area (Å²) in [5.41, 5.74) is 2.82. The number of anilines is 1. The average molecular weight is 554 g/mol. The quantitative estimate of drug-likeness (QED) is 0.389. The number of nitrogens with zero attached hydrogens (tertiary/aromatic N) is 2. The van der Waals surface area contributed by atoms with Gasteiger partial charge in [0.2, 0.25) is 11.8 Å². The zero-order valence-electron chi connectivity index (χ0n) is 23.1. The summed E-state index contributed by atoms with van der Waals surface area (Å²) in [7, 11) is 0.122. The lowest BCUT2D eigenvalue weighted by atomic mass is 10.1. The first kappa shape index (κ1) is 29.5. The summed E-state index contributed by atoms with van der Waals surface area (Å²) in [5.74, 6) is -0.277. The maximum absolute atomic E-state index is 14.1. The Bertz CT molecular complexity index is 1410. The van der Waals surface area contributed by atoms with Crippen LogP contribution in [-0.4, -0.2) is 59.0 Å². The molecule has 10 heteroatoms. The Hall–Kier alpha value is -4.05. The molecule has 0 aliphatic heterocycles. The molecular formula is C29H35N3O6S. The molecule has 0 aliphatic rings. The lowest BCUT2D eigenvalue weighted by molar-refractivity contribution is -0.139. The number of aryl methyl sites for hydroxylation is 2. The fraction of sp³-hybridized carbons (Fsp3) is 0.310. The molecule has 0 radical (unpaired) electrons. The molecule has 39 heavy (non-hydrogen) atoms. The number of carbonyl (C=O) groups excluding carboxylic acids is 2. The summed E-state index contributed by atoms with van der Waals surface area (Å²) < 4.78 is 39.8. The number of hydrogen-bond donors (Lipinski definition) is 1. The number of likely N-dealkylation sites (N-methyl/N-ethyl adjacent to an activating group) is 1. The summed E-state index contributed by atoms with van der Waals surface area (Å²) in [6, 6.07) is 18.0. The standard InChI is InChI=1S/C29H35N3O6S/c1-20-14-21(2)16-24(15-20)32(39(35,36)25-12-13-26(37-5)27(17-25)38-6)19-28(33)31(22(3)29(34)30-4)18-23-10-8-7-9-11-23/h7-17,22H,18-19H2,1-6H3,(H,30,34)/t22-/m0/s1. The van der Waals surface area contributed by atoms with Gasteiger partial charge in [-0.15, -0.1) is 0 Å². The minimum Gasteiger partial charge on any atom is -0.493 e. The van der Waals surface area contributed by atoms with Crippen molar-refractivity contribution >= 4 is 27.5 Å². The molecular weight excluding hydrogens is 518 g/mol. The van der Waals surface area contributed by atoms with Crippen LogP contribution in [0.25, 0.3) is 0 Å². The van der Waals surface area contributed by atoms with Gasteiger partial charge in [-0.05, 0) is 61.7 Å². The number of amides is 2. The van der Waals surface area contributed by atoms with E-state index in [0.717, 1.165) is 21.0 Å². The van der Waals surface area contributed by atoms with Crippen molar-refractivity contribution in [1.29, 1.82) is 0 Å². The van der Waals surface area contributed by atoms with Crippen molar-refractivity contribution in [3.8, 4) is 11.5 Å². The molecule has 2 amide bonds. The number of nitrogens with one attached hydrogen (secondary N) is 1. The molecule has 1 N–H and O–H groups in total. The number of methoxy groups -OCH3 is 2. The van der Waals surface area contributed by atoms with E-state index in [1.807, 2.05) is 50.2 Å². The van der Waals surface area contributed by atoms with E-state index >= 15 is 0 Å². The molecule has 0 bridgehead atoms. The lowest BCUT2D eigenvalue weighted by Gasteiger charge is -2.32. The van der Waals surface area contributed by atoms with Crippen LogP contribution in [0.15, 0.2) is 71.6 Å². The minimum atomic E-state index is -4.25. The van der Waals surface area contributed by atoms with Gasteiger partial charge in [0.05, 0.1) is 24.8 Å². The molecule has 0 fully saturated rings. The first-order valence-electron chi connectivity index (χ1n) is 12.4. The van der Waals surface area contributed by atoms with Crippen molar-refractivity contribution in [3.63, 3.8) is 0 Å². The van der Waals surface area contributed by atoms with Gasteiger partial charge in [-0.2, -0.15) is 0 Å². The van der Waals surface area contributed by atoms with Crippen molar-refractivity contribution in [2.75, 3.05) is 32.1 Å². The van der Waals surface area contributed by atoms with Gasteiger partial charge in [0.1, 0.15) is 12.6 Å². The van der Waals surface area contributed by atoms with Crippen LogP contribution in [0.1, 0.15) is 23.6 Å². The van der Waals surface area contributed by atoms with E-state index in [4.69, 9.17) is 9.47 Å². The van der Waals surface area contributed by atoms with E-state index in [2.05, 4.69) is 5.32 Å². The van der Waals surface area contributed by atoms with Crippen LogP contribution in [0.2, 0.25) is 0 Å². The normalized spacial score (nSPS) is 11.8. The molecule has 0 saturated carbocycles. The predicted molar refractivity (Wildman–Crippen MR) is 151 cm³/mol. The van der Waals surface area contributed by atoms with Gasteiger partial charge in [0.15, 0.2) is 11.5 Å². The number of benzene rings is 3. The van der Waals surface area contributed by atoms with Crippen molar-refractivity contribution < 1.29 is 27.5 Å². The maximum Gasteiger partial charge on any atom is 0.264 e. The van der Waals surface area contributed by atoms with Crippen LogP contribution in [-0.2, 0) is 26.2 Å². The number of ether oxygens (including phenoxy) is 2. The molecule has 208 valence electrons. The van der Waals surface area contributed by atoms with Crippen molar-refractivity contribution in [3.05, 3.63) is 83.4 Å². The first-order valence-corrected chi connectivity index (χ1v) is 13.8. The monoisotopic (exact) mass is 553 g/mol. The van der Waals surface area contributed by atoms with Crippen molar-refractivity contribution in [2.45, 2.75) is 38.3 Å². The molecule has 0 aliphatic carbocycles. The van der Waals surface area contributed by atoms with Gasteiger partial charge in [-0.1, -0.05) is 36.4 Å². The average Bonchev–Trinajstić information content (AvgIpc) is 2.93. The molecule has 0 spiro atoms. The van der Waals surface area contributed by atoms with E-state index in [9.17, 15) is 18.0 Å². The molecule has 0 saturated heterocycles. The van der Waals surface area contributed by atoms with E-state index < -0.39 is 28.5 Å². The van der Waals surface area contributed by atoms with Crippen molar-refractivity contribution in [1.82, 2.24) is 10.2 Å². The third-order valence-electron chi connectivity index (χ3n) is 6.33. The van der Waals surface area contributed by atoms with Crippen molar-refractivity contribution in [2.24, 2.45) is 0 Å². The Morgan fingerprint density at radius 3 is 2.08 bits per heavy atom. The largest absolute Gasteiger partial charge is 0.493 e. The summed E-state index contributed by atoms with van der Waals surface area (Å²) in [5, 5.41) is 2.57. The maximum atomic E-state index is 14.1. The highest BCUT2D eigenvalue weighted by Crippen LogP contribution is 2.33. The lowest BCUT2D eigenvalue weighted by Crippen LogP contribution is -2.50. The SMILES string of the molecule is CNC(=O)[C@H](C)N(Cc1ccccc1)C(=O)CN(c1cc(C)cc(C)c1)S(=O)(=O)c1ccc(OC)c(OC)c1. The zero-order valence-corrected chi connectivity index (χ0v) is 23.9. The smallest absolute Gasteiger partial charge is 0.264 e. The third-order valence-corrected chi connectivity index (χ3v) is 8.10. The molecule has 1 atom stereocenters. The summed E-state index contributed by atoms with van der Waals surface area (Å²) >= 11 is 0. The topological polar surface area (TPSA) is 105 Å². The second-order valence-corrected chi connectivity index (χ2v) is 11.0. The Morgan fingerprint density at radius 1 is 0.897 bits per heavy atom. The van der Waals surface area contributed by atoms with Crippen LogP contribution in [0.4, 0.5) is 5.69 Å². The highest BCUT2D eigenvalue weighted by Gasteiger charge is 2.33. The Labute approximate surface area is 230 Å². The first-order chi connectivity index (χ1) is 18.5. The highest BCUT2D eigenvalue weighted by atomic mass is 32.2. The Kier molecular flexibility index (Phi) is 9.58. The second kappa shape index (κ2) is 12.7. The van der Waals surface area contributed by atoms with Crippen LogP contribution in [0, 0.1) is 13.8 Å². The van der Waals surface area contributed by atoms with E-state index in [0.29, 0.717) is 11.4 Å². The summed E-state index contributed by atoms with van der Waals surface area (Å²) in [6.45, 7) is 4.94. The number of rotatable bonds is 11. The van der Waals surface area contributed by atoms with Gasteiger partial charge in [0, 0.05) is 19.7 Å². The van der Waals surface area contributed by atoms with Gasteiger partial charge < -0.3 is 19.7 Å². The molecule has 3 aromatic carbocycles. The molecule has 3 rings (SSSR count). The molecule has 9 nitrogen and oxygen atoms in total. The summed E-state index contributed by atoms with van der Waals surface area (Å²) in [4.78, 5) is 27.8. The van der Waals surface area contributed by atoms with Crippen LogP contribution >= 0.6 is 0 Å². The third kappa shape index (κ3) is 6.88. The highest BCUT2D eigenvalue weighted by molar-refractivity contribution is 7.92. The minimum absolute atomic E-state index is 0.0685. The zero-order chi connectivity index (χ0) is 28.7. The van der Waals surface area contributed by atoms with Crippen LogP contribution in [0.3, 0.4) is 0 Å². The van der Waals surface area contributed by atoms with Gasteiger partial charge in [0.25, 0.3) is 10.0 Å². The van der Waals surface area contributed by atoms with Gasteiger partial charge in [-0.25, -0.2) is 8.42 Å². The van der Waals surface area contributed by atoms with Crippen LogP contribution < -0.4 is 19.1 Å². The van der Waals surface area contributed by atoms with E-state index in [1.54, 1.807) is 19.1 Å². The fourth-order valence-electron chi connectivity index (χ4n) is 4.30. The molecule has 0 unspecified atom stereocenters. The predicted octanol–water partition coefficient (Wildman–Crippen LogP) is 3.68. The van der Waals surface area contributed by atoms with Gasteiger partial charge in [-0.3, -0.25) is 13.9 Å². The molecule has 3 aromatic rings. The number of hydrogen-bond acceptors (Lipinski definition) is 6. The summed E-state index contributed by atoms with van der Waals surface area (Å²) in [6.07, 6.45) is 0. The number of sulfonamides is 1. The number of carbonyl (C=O) groups is 2. The van der Waals surface area contributed by atoms with Gasteiger partial charge >= 0.3 is 0 Å². The van der Waals surface area contributed by atoms with Crippen LogP contribution in [0.5, 0.6) is 11.5 Å². The van der Waals surface area contributed by atoms with E-state index in [1.165, 1.54) is 44.4 Å². The fourth-order valence-corrected chi connectivity index (χ4v) is 5.71. The molecule has 0 aromatic heterocycles. The molecule has 0 heterocycles.